The topological polar surface area (TPSA) is 78.9 Å². The summed E-state index contributed by atoms with van der Waals surface area (Å²) in [6.45, 7) is 0.229. The normalized spacial score (nSPS) is 11.2. The third kappa shape index (κ3) is 6.49. The Labute approximate surface area is 215 Å². The van der Waals surface area contributed by atoms with Crippen molar-refractivity contribution in [1.82, 2.24) is 20.6 Å². The molecule has 202 valence electrons. The van der Waals surface area contributed by atoms with Gasteiger partial charge in [-0.1, -0.05) is 23.7 Å². The summed E-state index contributed by atoms with van der Waals surface area (Å²) in [6.07, 6.45) is 0. The van der Waals surface area contributed by atoms with Gasteiger partial charge in [-0.3, -0.25) is 4.79 Å². The molecule has 0 aliphatic rings. The Bertz CT molecular complexity index is 1520. The van der Waals surface area contributed by atoms with Crippen molar-refractivity contribution in [3.8, 4) is 23.7 Å². The van der Waals surface area contributed by atoms with Crippen LogP contribution in [0.5, 0.6) is 0 Å². The number of nitrogens with one attached hydrogen (secondary N) is 3. The molecule has 0 aliphatic carbocycles. The van der Waals surface area contributed by atoms with Crippen LogP contribution in [0.2, 0.25) is 0 Å². The van der Waals surface area contributed by atoms with Crippen molar-refractivity contribution < 1.29 is 39.9 Å². The van der Waals surface area contributed by atoms with Crippen LogP contribution in [0.4, 0.5) is 40.8 Å². The molecule has 1 atom stereocenters. The molecule has 6 nitrogen and oxygen atoms in total. The van der Waals surface area contributed by atoms with Crippen molar-refractivity contribution in [3.05, 3.63) is 87.5 Å². The number of nitrogens with zero attached hydrogens (tertiary/aromatic N) is 2. The average Bonchev–Trinajstić information content (AvgIpc) is 2.90. The smallest absolute Gasteiger partial charge is 0.253 e. The highest BCUT2D eigenvalue weighted by molar-refractivity contribution is 5.95. The highest BCUT2D eigenvalue weighted by Gasteiger charge is 2.21. The minimum atomic E-state index is -1.96. The zero-order valence-electron chi connectivity index (χ0n) is 19.8. The maximum absolute atomic E-state index is 14.0. The first-order valence-electron chi connectivity index (χ1n) is 10.7. The second-order valence-corrected chi connectivity index (χ2v) is 7.54. The van der Waals surface area contributed by atoms with E-state index in [1.807, 2.05) is 11.8 Å². The SMILES string of the molecule is CNCC(NC)C(=O)Nc1ccc(C#Cc2c(F)c(F)nc(F)c2F)c(C#Cc2c(F)c(F)nc(F)c2F)c1. The molecule has 1 amide bonds. The summed E-state index contributed by atoms with van der Waals surface area (Å²) in [5.74, 6) is -7.70. The maximum atomic E-state index is 14.0. The number of carbonyl (C=O) groups excluding carboxylic acids is 1. The second kappa shape index (κ2) is 12.3. The van der Waals surface area contributed by atoms with Crippen molar-refractivity contribution in [2.45, 2.75) is 6.04 Å². The van der Waals surface area contributed by atoms with Crippen LogP contribution < -0.4 is 16.0 Å². The number of likely N-dealkylation sites (N-methyl/N-ethyl adjacent to an activating group) is 2. The monoisotopic (exact) mass is 553 g/mol. The van der Waals surface area contributed by atoms with Gasteiger partial charge in [0.15, 0.2) is 23.3 Å². The van der Waals surface area contributed by atoms with Crippen LogP contribution in [-0.2, 0) is 4.79 Å². The molecule has 0 bridgehead atoms. The third-order valence-electron chi connectivity index (χ3n) is 5.00. The number of aromatic nitrogens is 2. The van der Waals surface area contributed by atoms with E-state index in [2.05, 4.69) is 37.8 Å². The van der Waals surface area contributed by atoms with Gasteiger partial charge in [0.1, 0.15) is 11.1 Å². The Morgan fingerprint density at radius 1 is 0.744 bits per heavy atom. The predicted molar refractivity (Wildman–Crippen MR) is 122 cm³/mol. The Morgan fingerprint density at radius 3 is 1.64 bits per heavy atom. The molecule has 3 aromatic rings. The minimum Gasteiger partial charge on any atom is -0.325 e. The van der Waals surface area contributed by atoms with E-state index in [1.54, 1.807) is 7.05 Å². The van der Waals surface area contributed by atoms with Gasteiger partial charge in [0.25, 0.3) is 23.8 Å². The van der Waals surface area contributed by atoms with Crippen LogP contribution in [0, 0.1) is 70.7 Å². The summed E-state index contributed by atoms with van der Waals surface area (Å²) in [5.41, 5.74) is -3.04. The van der Waals surface area contributed by atoms with Gasteiger partial charge in [-0.05, 0) is 32.3 Å². The van der Waals surface area contributed by atoms with E-state index in [9.17, 15) is 39.9 Å². The van der Waals surface area contributed by atoms with Crippen LogP contribution in [-0.4, -0.2) is 42.6 Å². The summed E-state index contributed by atoms with van der Waals surface area (Å²) in [5, 5.41) is 8.08. The van der Waals surface area contributed by atoms with Crippen LogP contribution in [0.1, 0.15) is 22.3 Å². The van der Waals surface area contributed by atoms with Crippen LogP contribution in [0.15, 0.2) is 18.2 Å². The van der Waals surface area contributed by atoms with Gasteiger partial charge in [-0.2, -0.15) is 27.5 Å². The van der Waals surface area contributed by atoms with Crippen molar-refractivity contribution in [2.75, 3.05) is 26.0 Å². The molecule has 1 unspecified atom stereocenters. The largest absolute Gasteiger partial charge is 0.325 e. The molecule has 2 heterocycles. The molecule has 0 saturated carbocycles. The molecule has 3 rings (SSSR count). The zero-order chi connectivity index (χ0) is 28.9. The van der Waals surface area contributed by atoms with Crippen LogP contribution in [0.3, 0.4) is 0 Å². The molecule has 3 N–H and O–H groups in total. The van der Waals surface area contributed by atoms with Gasteiger partial charge in [0.05, 0.1) is 6.04 Å². The highest BCUT2D eigenvalue weighted by Crippen LogP contribution is 2.20. The Morgan fingerprint density at radius 2 is 1.21 bits per heavy atom. The van der Waals surface area contributed by atoms with Gasteiger partial charge in [0, 0.05) is 23.4 Å². The molecule has 39 heavy (non-hydrogen) atoms. The lowest BCUT2D eigenvalue weighted by atomic mass is 10.1. The third-order valence-corrected chi connectivity index (χ3v) is 5.00. The Hall–Kier alpha value is -4.53. The fourth-order valence-corrected chi connectivity index (χ4v) is 3.05. The van der Waals surface area contributed by atoms with Gasteiger partial charge >= 0.3 is 0 Å². The molecule has 2 aromatic heterocycles. The predicted octanol–water partition coefficient (Wildman–Crippen LogP) is 3.13. The Balaban J connectivity index is 2.15. The molecule has 1 aromatic carbocycles. The number of pyridine rings is 2. The lowest BCUT2D eigenvalue weighted by Crippen LogP contribution is -2.44. The number of halogens is 8. The van der Waals surface area contributed by atoms with Crippen molar-refractivity contribution in [2.24, 2.45) is 0 Å². The van der Waals surface area contributed by atoms with Crippen molar-refractivity contribution >= 4 is 11.6 Å². The summed E-state index contributed by atoms with van der Waals surface area (Å²) in [7, 11) is 3.13. The summed E-state index contributed by atoms with van der Waals surface area (Å²) in [4.78, 5) is 17.3. The Kier molecular flexibility index (Phi) is 9.19. The molecule has 14 heteroatoms. The number of amides is 1. The minimum absolute atomic E-state index is 0.0672. The van der Waals surface area contributed by atoms with Crippen LogP contribution >= 0.6 is 0 Å². The summed E-state index contributed by atoms with van der Waals surface area (Å²) < 4.78 is 110. The van der Waals surface area contributed by atoms with Gasteiger partial charge in [0.2, 0.25) is 5.91 Å². The van der Waals surface area contributed by atoms with Gasteiger partial charge in [-0.25, -0.2) is 17.6 Å². The summed E-state index contributed by atoms with van der Waals surface area (Å²) >= 11 is 0. The molecular formula is C25H15F8N5O. The standard InChI is InChI=1S/C25H15F8N5O/c1-34-10-16(35-2)25(39)36-13-6-3-11(4-7-14-17(26)21(30)37-22(31)18(14)27)12(9-13)5-8-15-19(28)23(32)38-24(33)20(15)29/h3,6,9,16,34-35H,10H2,1-2H3,(H,36,39). The molecule has 0 radical (unpaired) electrons. The fraction of sp³-hybridized carbons (Fsp3) is 0.160. The van der Waals surface area contributed by atoms with E-state index < -0.39 is 70.1 Å². The first-order chi connectivity index (χ1) is 18.5. The van der Waals surface area contributed by atoms with Crippen molar-refractivity contribution in [3.63, 3.8) is 0 Å². The number of anilines is 1. The lowest BCUT2D eigenvalue weighted by molar-refractivity contribution is -0.117. The summed E-state index contributed by atoms with van der Waals surface area (Å²) in [6, 6.07) is 2.86. The van der Waals surface area contributed by atoms with Gasteiger partial charge < -0.3 is 16.0 Å². The average molecular weight is 553 g/mol. The highest BCUT2D eigenvalue weighted by atomic mass is 19.2. The number of carbonyl (C=O) groups is 1. The van der Waals surface area contributed by atoms with E-state index >= 15 is 0 Å². The van der Waals surface area contributed by atoms with E-state index in [4.69, 9.17) is 0 Å². The first-order valence-corrected chi connectivity index (χ1v) is 10.7. The zero-order valence-corrected chi connectivity index (χ0v) is 19.8. The maximum Gasteiger partial charge on any atom is 0.253 e. The molecule has 0 fully saturated rings. The first kappa shape index (κ1) is 29.0. The molecule has 0 spiro atoms. The fourth-order valence-electron chi connectivity index (χ4n) is 3.05. The van der Waals surface area contributed by atoms with Crippen molar-refractivity contribution in [1.29, 1.82) is 0 Å². The van der Waals surface area contributed by atoms with E-state index in [0.29, 0.717) is 0 Å². The van der Waals surface area contributed by atoms with E-state index in [1.165, 1.54) is 13.1 Å². The number of rotatable bonds is 5. The van der Waals surface area contributed by atoms with E-state index in [-0.39, 0.29) is 23.4 Å². The van der Waals surface area contributed by atoms with E-state index in [0.717, 1.165) is 12.1 Å². The number of hydrogen-bond donors (Lipinski definition) is 3. The van der Waals surface area contributed by atoms with Gasteiger partial charge in [-0.15, -0.1) is 0 Å². The number of benzene rings is 1. The molecule has 0 saturated heterocycles. The molecule has 0 aliphatic heterocycles. The van der Waals surface area contributed by atoms with Crippen LogP contribution in [0.25, 0.3) is 0 Å². The molecular weight excluding hydrogens is 538 g/mol. The second-order valence-electron chi connectivity index (χ2n) is 7.54. The quantitative estimate of drug-likeness (QED) is 0.257. The lowest BCUT2D eigenvalue weighted by Gasteiger charge is -2.15. The number of hydrogen-bond acceptors (Lipinski definition) is 5.